The number of nitrogens with zero attached hydrogens (tertiary/aromatic N) is 1. The third-order valence-electron chi connectivity index (χ3n) is 1.24. The van der Waals surface area contributed by atoms with Crippen molar-refractivity contribution in [2.45, 2.75) is 13.3 Å². The van der Waals surface area contributed by atoms with Crippen molar-refractivity contribution in [2.75, 3.05) is 7.11 Å². The molecule has 0 saturated heterocycles. The van der Waals surface area contributed by atoms with Crippen LogP contribution >= 0.6 is 0 Å². The van der Waals surface area contributed by atoms with E-state index in [0.717, 1.165) is 0 Å². The monoisotopic (exact) mass is 167 g/mol. The summed E-state index contributed by atoms with van der Waals surface area (Å²) in [6.45, 7) is 5.23. The van der Waals surface area contributed by atoms with Crippen LogP contribution in [0.2, 0.25) is 0 Å². The molecular formula is C9H13NO2. The average Bonchev–Trinajstić information content (AvgIpc) is 2.11. The highest BCUT2D eigenvalue weighted by molar-refractivity contribution is 5.72. The van der Waals surface area contributed by atoms with Gasteiger partial charge in [-0.15, -0.1) is 0 Å². The van der Waals surface area contributed by atoms with Gasteiger partial charge in [0.1, 0.15) is 0 Å². The standard InChI is InChI=1S/C9H13NO2/c1-4-5-6-8(10-2)7-9(11)12-3/h4-6H,2,7H2,1,3H3/b5-4-,8-6-. The molecule has 0 spiro atoms. The van der Waals surface area contributed by atoms with Gasteiger partial charge in [0, 0.05) is 0 Å². The van der Waals surface area contributed by atoms with Gasteiger partial charge in [-0.25, -0.2) is 0 Å². The van der Waals surface area contributed by atoms with Crippen molar-refractivity contribution >= 4 is 12.7 Å². The van der Waals surface area contributed by atoms with Crippen molar-refractivity contribution in [3.05, 3.63) is 23.9 Å². The zero-order chi connectivity index (χ0) is 9.40. The SMILES string of the molecule is C=N/C(=C\C=C/C)CC(=O)OC. The molecule has 0 aliphatic carbocycles. The molecule has 0 amide bonds. The molecule has 0 bridgehead atoms. The number of aliphatic imine (C=N–C) groups is 1. The predicted molar refractivity (Wildman–Crippen MR) is 49.1 cm³/mol. The Labute approximate surface area is 72.4 Å². The quantitative estimate of drug-likeness (QED) is 0.363. The van der Waals surface area contributed by atoms with Gasteiger partial charge in [0.05, 0.1) is 19.2 Å². The predicted octanol–water partition coefficient (Wildman–Crippen LogP) is 1.71. The largest absolute Gasteiger partial charge is 0.469 e. The van der Waals surface area contributed by atoms with E-state index in [2.05, 4.69) is 16.4 Å². The summed E-state index contributed by atoms with van der Waals surface area (Å²) in [6, 6.07) is 0. The first kappa shape index (κ1) is 10.6. The van der Waals surface area contributed by atoms with Gasteiger partial charge in [0.2, 0.25) is 0 Å². The third kappa shape index (κ3) is 4.44. The number of allylic oxidation sites excluding steroid dienone is 3. The maximum atomic E-state index is 10.8. The number of hydrogen-bond acceptors (Lipinski definition) is 3. The van der Waals surface area contributed by atoms with E-state index in [1.54, 1.807) is 12.2 Å². The number of ether oxygens (including phenoxy) is 1. The van der Waals surface area contributed by atoms with Gasteiger partial charge in [0.15, 0.2) is 0 Å². The molecule has 0 aromatic heterocycles. The van der Waals surface area contributed by atoms with E-state index in [9.17, 15) is 4.79 Å². The lowest BCUT2D eigenvalue weighted by molar-refractivity contribution is -0.139. The minimum atomic E-state index is -0.307. The van der Waals surface area contributed by atoms with Crippen molar-refractivity contribution < 1.29 is 9.53 Å². The first-order valence-electron chi connectivity index (χ1n) is 3.60. The Hall–Kier alpha value is -1.38. The van der Waals surface area contributed by atoms with Crippen LogP contribution < -0.4 is 0 Å². The Balaban J connectivity index is 4.17. The number of carbonyl (C=O) groups excluding carboxylic acids is 1. The fraction of sp³-hybridized carbons (Fsp3) is 0.333. The molecule has 0 atom stereocenters. The second kappa shape index (κ2) is 6.34. The second-order valence-electron chi connectivity index (χ2n) is 2.09. The smallest absolute Gasteiger partial charge is 0.311 e. The minimum absolute atomic E-state index is 0.171. The highest BCUT2D eigenvalue weighted by atomic mass is 16.5. The van der Waals surface area contributed by atoms with E-state index in [1.165, 1.54) is 7.11 Å². The Morgan fingerprint density at radius 3 is 2.75 bits per heavy atom. The molecule has 3 heteroatoms. The lowest BCUT2D eigenvalue weighted by Gasteiger charge is -1.97. The average molecular weight is 167 g/mol. The fourth-order valence-corrected chi connectivity index (χ4v) is 0.595. The summed E-state index contributed by atoms with van der Waals surface area (Å²) in [5.41, 5.74) is 0.611. The van der Waals surface area contributed by atoms with Crippen molar-refractivity contribution in [3.8, 4) is 0 Å². The van der Waals surface area contributed by atoms with E-state index in [-0.39, 0.29) is 12.4 Å². The molecule has 0 saturated carbocycles. The lowest BCUT2D eigenvalue weighted by atomic mass is 10.3. The Kier molecular flexibility index (Phi) is 5.61. The Morgan fingerprint density at radius 1 is 1.67 bits per heavy atom. The van der Waals surface area contributed by atoms with Crippen molar-refractivity contribution in [1.29, 1.82) is 0 Å². The van der Waals surface area contributed by atoms with Gasteiger partial charge in [-0.2, -0.15) is 0 Å². The topological polar surface area (TPSA) is 38.7 Å². The molecule has 0 aliphatic rings. The zero-order valence-corrected chi connectivity index (χ0v) is 7.41. The number of rotatable bonds is 4. The molecule has 12 heavy (non-hydrogen) atoms. The molecule has 0 heterocycles. The normalized spacial score (nSPS) is 11.7. The van der Waals surface area contributed by atoms with Crippen molar-refractivity contribution in [1.82, 2.24) is 0 Å². The molecule has 0 N–H and O–H groups in total. The molecule has 0 aromatic rings. The summed E-state index contributed by atoms with van der Waals surface area (Å²) in [5.74, 6) is -0.307. The van der Waals surface area contributed by atoms with E-state index in [0.29, 0.717) is 5.70 Å². The Bertz CT molecular complexity index is 217. The van der Waals surface area contributed by atoms with Gasteiger partial charge >= 0.3 is 5.97 Å². The number of hydrogen-bond donors (Lipinski definition) is 0. The molecule has 0 unspecified atom stereocenters. The minimum Gasteiger partial charge on any atom is -0.469 e. The maximum Gasteiger partial charge on any atom is 0.311 e. The molecule has 66 valence electrons. The van der Waals surface area contributed by atoms with Crippen LogP contribution in [0.15, 0.2) is 28.9 Å². The first-order chi connectivity index (χ1) is 5.74. The summed E-state index contributed by atoms with van der Waals surface area (Å²) in [6.07, 6.45) is 5.55. The van der Waals surface area contributed by atoms with E-state index in [1.807, 2.05) is 13.0 Å². The molecule has 0 fully saturated rings. The van der Waals surface area contributed by atoms with Gasteiger partial charge in [0.25, 0.3) is 0 Å². The van der Waals surface area contributed by atoms with Crippen LogP contribution in [0, 0.1) is 0 Å². The van der Waals surface area contributed by atoms with Crippen LogP contribution in [-0.4, -0.2) is 19.8 Å². The summed E-state index contributed by atoms with van der Waals surface area (Å²) >= 11 is 0. The van der Waals surface area contributed by atoms with Gasteiger partial charge < -0.3 is 4.74 Å². The summed E-state index contributed by atoms with van der Waals surface area (Å²) in [4.78, 5) is 14.4. The first-order valence-corrected chi connectivity index (χ1v) is 3.60. The van der Waals surface area contributed by atoms with E-state index in [4.69, 9.17) is 0 Å². The highest BCUT2D eigenvalue weighted by Crippen LogP contribution is 2.03. The van der Waals surface area contributed by atoms with Crippen LogP contribution in [0.1, 0.15) is 13.3 Å². The maximum absolute atomic E-state index is 10.8. The van der Waals surface area contributed by atoms with E-state index >= 15 is 0 Å². The van der Waals surface area contributed by atoms with Crippen molar-refractivity contribution in [3.63, 3.8) is 0 Å². The molecule has 0 aromatic carbocycles. The number of esters is 1. The molecular weight excluding hydrogens is 154 g/mol. The van der Waals surface area contributed by atoms with Crippen molar-refractivity contribution in [2.24, 2.45) is 4.99 Å². The van der Waals surface area contributed by atoms with Crippen LogP contribution in [-0.2, 0) is 9.53 Å². The van der Waals surface area contributed by atoms with Crippen LogP contribution in [0.3, 0.4) is 0 Å². The summed E-state index contributed by atoms with van der Waals surface area (Å²) < 4.78 is 4.47. The molecule has 0 radical (unpaired) electrons. The second-order valence-corrected chi connectivity index (χ2v) is 2.09. The lowest BCUT2D eigenvalue weighted by Crippen LogP contribution is -2.00. The number of methoxy groups -OCH3 is 1. The molecule has 3 nitrogen and oxygen atoms in total. The van der Waals surface area contributed by atoms with Gasteiger partial charge in [-0.1, -0.05) is 12.2 Å². The van der Waals surface area contributed by atoms with E-state index < -0.39 is 0 Å². The third-order valence-corrected chi connectivity index (χ3v) is 1.24. The van der Waals surface area contributed by atoms with Crippen LogP contribution in [0.5, 0.6) is 0 Å². The molecule has 0 aliphatic heterocycles. The van der Waals surface area contributed by atoms with Crippen LogP contribution in [0.25, 0.3) is 0 Å². The molecule has 0 rings (SSSR count). The van der Waals surface area contributed by atoms with Crippen LogP contribution in [0.4, 0.5) is 0 Å². The fourth-order valence-electron chi connectivity index (χ4n) is 0.595. The van der Waals surface area contributed by atoms with Gasteiger partial charge in [-0.05, 0) is 19.7 Å². The highest BCUT2D eigenvalue weighted by Gasteiger charge is 2.01. The zero-order valence-electron chi connectivity index (χ0n) is 7.41. The Morgan fingerprint density at radius 2 is 2.33 bits per heavy atom. The number of carbonyl (C=O) groups is 1. The van der Waals surface area contributed by atoms with Gasteiger partial charge in [-0.3, -0.25) is 9.79 Å². The summed E-state index contributed by atoms with van der Waals surface area (Å²) in [5, 5.41) is 0. The summed E-state index contributed by atoms with van der Waals surface area (Å²) in [7, 11) is 1.35.